The Morgan fingerprint density at radius 3 is 2.14 bits per heavy atom. The summed E-state index contributed by atoms with van der Waals surface area (Å²) in [6.45, 7) is 16.8. The van der Waals surface area contributed by atoms with E-state index >= 15 is 4.39 Å². The van der Waals surface area contributed by atoms with E-state index in [9.17, 15) is 4.79 Å². The van der Waals surface area contributed by atoms with Crippen molar-refractivity contribution >= 4 is 17.3 Å². The van der Waals surface area contributed by atoms with E-state index in [0.29, 0.717) is 12.3 Å². The first-order chi connectivity index (χ1) is 27.8. The minimum Gasteiger partial charge on any atom is -0.400 e. The number of carbonyl (C=O) groups is 1. The first-order valence-corrected chi connectivity index (χ1v) is 20.9. The maximum Gasteiger partial charge on any atom is 0.224 e. The van der Waals surface area contributed by atoms with Crippen LogP contribution in [0.25, 0.3) is 5.70 Å². The van der Waals surface area contributed by atoms with Gasteiger partial charge in [0, 0.05) is 88.8 Å². The standard InChI is InChI=1S/C33H40FN3.C15H16N2O.CH4O/c1-35-19-21-36(22-20-35)24-25-15-17-37(18-16-25)32-14-12-28(23-31(32)34)33-29-10-6-5-9-27(29)11-13-30(33)26-7-3-2-4-8-26;1-10-14(7-8-15(18)16-10)17-9-12-5-3-4-6-13(12)11(17)2;1-2/h2-10,12,14,23,25,30,33H,11,13,15-22,24H2,1H3;3-6,14H,1-2,7-9H2,(H,16,18);2H,1H3. The summed E-state index contributed by atoms with van der Waals surface area (Å²) in [5.74, 6) is 1.28. The van der Waals surface area contributed by atoms with E-state index in [4.69, 9.17) is 5.11 Å². The first-order valence-electron chi connectivity index (χ1n) is 20.9. The van der Waals surface area contributed by atoms with Gasteiger partial charge in [-0.25, -0.2) is 4.39 Å². The zero-order valence-electron chi connectivity index (χ0n) is 33.9. The lowest BCUT2D eigenvalue weighted by Crippen LogP contribution is -2.47. The fourth-order valence-electron chi connectivity index (χ4n) is 9.74. The van der Waals surface area contributed by atoms with Crippen molar-refractivity contribution in [2.45, 2.75) is 62.9 Å². The van der Waals surface area contributed by atoms with Crippen LogP contribution < -0.4 is 10.2 Å². The van der Waals surface area contributed by atoms with E-state index in [2.05, 4.69) is 124 Å². The maximum atomic E-state index is 15.7. The van der Waals surface area contributed by atoms with Crippen LogP contribution in [0.2, 0.25) is 0 Å². The van der Waals surface area contributed by atoms with Gasteiger partial charge < -0.3 is 30.0 Å². The molecule has 4 heterocycles. The van der Waals surface area contributed by atoms with Gasteiger partial charge in [-0.3, -0.25) is 4.79 Å². The Balaban J connectivity index is 0.000000207. The number of likely N-dealkylation sites (N-methyl/N-ethyl adjacent to an activating group) is 1. The third kappa shape index (κ3) is 9.19. The number of aliphatic hydroxyl groups is 1. The minimum atomic E-state index is -0.0649. The van der Waals surface area contributed by atoms with Gasteiger partial charge in [0.15, 0.2) is 0 Å². The fourth-order valence-corrected chi connectivity index (χ4v) is 9.74. The zero-order chi connectivity index (χ0) is 39.9. The van der Waals surface area contributed by atoms with Crippen molar-refractivity contribution in [2.24, 2.45) is 5.92 Å². The van der Waals surface area contributed by atoms with Gasteiger partial charge in [-0.15, -0.1) is 0 Å². The molecule has 4 aliphatic heterocycles. The molecule has 3 atom stereocenters. The Labute approximate surface area is 339 Å². The predicted octanol–water partition coefficient (Wildman–Crippen LogP) is 8.03. The highest BCUT2D eigenvalue weighted by Crippen LogP contribution is 2.47. The number of nitrogens with one attached hydrogen (secondary N) is 1. The fraction of sp³-hybridized carbons (Fsp3) is 0.408. The molecule has 3 unspecified atom stereocenters. The minimum absolute atomic E-state index is 0.0649. The summed E-state index contributed by atoms with van der Waals surface area (Å²) in [5.41, 5.74) is 10.3. The third-order valence-corrected chi connectivity index (χ3v) is 12.9. The quantitative estimate of drug-likeness (QED) is 0.207. The van der Waals surface area contributed by atoms with Crippen molar-refractivity contribution in [1.29, 1.82) is 0 Å². The molecule has 0 saturated carbocycles. The Hall–Kier alpha value is -4.76. The van der Waals surface area contributed by atoms with Gasteiger partial charge in [0.05, 0.1) is 11.7 Å². The lowest BCUT2D eigenvalue weighted by atomic mass is 9.69. The number of amides is 1. The molecular weight excluding hydrogens is 710 g/mol. The number of aryl methyl sites for hydroxylation is 1. The molecule has 9 rings (SSSR count). The highest BCUT2D eigenvalue weighted by Gasteiger charge is 2.34. The van der Waals surface area contributed by atoms with E-state index in [1.54, 1.807) is 0 Å². The highest BCUT2D eigenvalue weighted by atomic mass is 19.1. The van der Waals surface area contributed by atoms with Gasteiger partial charge in [0.2, 0.25) is 5.91 Å². The summed E-state index contributed by atoms with van der Waals surface area (Å²) in [6, 6.07) is 34.2. The largest absolute Gasteiger partial charge is 0.400 e. The van der Waals surface area contributed by atoms with E-state index < -0.39 is 0 Å². The summed E-state index contributed by atoms with van der Waals surface area (Å²) in [5, 5.41) is 9.84. The molecule has 0 radical (unpaired) electrons. The lowest BCUT2D eigenvalue weighted by Gasteiger charge is -2.39. The molecule has 7 nitrogen and oxygen atoms in total. The summed E-state index contributed by atoms with van der Waals surface area (Å²) in [6.07, 6.45) is 5.85. The normalized spacial score (nSPS) is 22.7. The molecule has 0 spiro atoms. The SMILES string of the molecule is C=C1NC(=O)CCC1N1Cc2ccccc2C1=C.CN1CCN(CC2CCN(c3ccc(C4c5ccccc5CCC4c4ccccc4)cc3F)CC2)CC1.CO. The number of hydrogen-bond acceptors (Lipinski definition) is 6. The number of piperidine rings is 2. The van der Waals surface area contributed by atoms with Crippen LogP contribution in [0, 0.1) is 11.7 Å². The molecule has 0 bridgehead atoms. The molecule has 4 aromatic rings. The molecule has 1 amide bonds. The number of rotatable bonds is 6. The molecule has 3 fully saturated rings. The molecule has 4 aromatic carbocycles. The van der Waals surface area contributed by atoms with E-state index in [1.807, 2.05) is 18.2 Å². The predicted molar refractivity (Wildman–Crippen MR) is 231 cm³/mol. The average molecular weight is 770 g/mol. The molecule has 2 N–H and O–H groups in total. The number of carbonyl (C=O) groups excluding carboxylic acids is 1. The smallest absolute Gasteiger partial charge is 0.224 e. The Morgan fingerprint density at radius 1 is 0.754 bits per heavy atom. The van der Waals surface area contributed by atoms with E-state index in [-0.39, 0.29) is 23.7 Å². The number of anilines is 1. The highest BCUT2D eigenvalue weighted by molar-refractivity contribution is 5.80. The van der Waals surface area contributed by atoms with Crippen LogP contribution in [0.1, 0.15) is 77.3 Å². The topological polar surface area (TPSA) is 62.3 Å². The second-order valence-corrected chi connectivity index (χ2v) is 16.3. The second-order valence-electron chi connectivity index (χ2n) is 16.3. The molecule has 0 aromatic heterocycles. The van der Waals surface area contributed by atoms with Gasteiger partial charge in [0.25, 0.3) is 0 Å². The summed E-state index contributed by atoms with van der Waals surface area (Å²) in [7, 11) is 3.21. The summed E-state index contributed by atoms with van der Waals surface area (Å²) in [4.78, 5) is 20.9. The van der Waals surface area contributed by atoms with Crippen LogP contribution in [-0.2, 0) is 17.8 Å². The third-order valence-electron chi connectivity index (χ3n) is 12.9. The number of aliphatic hydroxyl groups excluding tert-OH is 1. The Kier molecular flexibility index (Phi) is 13.2. The molecule has 57 heavy (non-hydrogen) atoms. The summed E-state index contributed by atoms with van der Waals surface area (Å²) < 4.78 is 15.7. The van der Waals surface area contributed by atoms with Crippen LogP contribution >= 0.6 is 0 Å². The monoisotopic (exact) mass is 769 g/mol. The lowest BCUT2D eigenvalue weighted by molar-refractivity contribution is -0.121. The molecule has 300 valence electrons. The van der Waals surface area contributed by atoms with Gasteiger partial charge in [-0.05, 0) is 90.9 Å². The number of piperazine rings is 1. The van der Waals surface area contributed by atoms with Gasteiger partial charge in [-0.2, -0.15) is 0 Å². The number of benzene rings is 4. The van der Waals surface area contributed by atoms with E-state index in [1.165, 1.54) is 60.5 Å². The maximum absolute atomic E-state index is 15.7. The van der Waals surface area contributed by atoms with Crippen LogP contribution in [0.5, 0.6) is 0 Å². The molecule has 8 heteroatoms. The molecule has 1 aliphatic carbocycles. The van der Waals surface area contributed by atoms with Crippen LogP contribution in [0.4, 0.5) is 10.1 Å². The van der Waals surface area contributed by atoms with Crippen LogP contribution in [0.3, 0.4) is 0 Å². The van der Waals surface area contributed by atoms with Gasteiger partial charge >= 0.3 is 0 Å². The van der Waals surface area contributed by atoms with Crippen molar-refractivity contribution in [3.63, 3.8) is 0 Å². The molecular formula is C49H60FN5O2. The van der Waals surface area contributed by atoms with Crippen molar-refractivity contribution < 1.29 is 14.3 Å². The second kappa shape index (κ2) is 18.7. The number of halogens is 1. The molecule has 5 aliphatic rings. The zero-order valence-corrected chi connectivity index (χ0v) is 33.9. The van der Waals surface area contributed by atoms with Crippen LogP contribution in [0.15, 0.2) is 116 Å². The Morgan fingerprint density at radius 2 is 1.44 bits per heavy atom. The van der Waals surface area contributed by atoms with E-state index in [0.717, 1.165) is 87.4 Å². The number of hydrogen-bond donors (Lipinski definition) is 2. The van der Waals surface area contributed by atoms with Crippen molar-refractivity contribution in [3.05, 3.63) is 155 Å². The number of nitrogens with zero attached hydrogens (tertiary/aromatic N) is 4. The van der Waals surface area contributed by atoms with Gasteiger partial charge in [0.1, 0.15) is 5.82 Å². The van der Waals surface area contributed by atoms with Crippen molar-refractivity contribution in [2.75, 3.05) is 64.9 Å². The Bertz CT molecular complexity index is 2000. The number of fused-ring (bicyclic) bond motifs is 2. The van der Waals surface area contributed by atoms with Crippen molar-refractivity contribution in [3.8, 4) is 0 Å². The van der Waals surface area contributed by atoms with Crippen LogP contribution in [-0.4, -0.2) is 91.7 Å². The molecule has 3 saturated heterocycles. The first kappa shape index (κ1) is 40.4. The average Bonchev–Trinajstić information content (AvgIpc) is 3.58. The van der Waals surface area contributed by atoms with Crippen molar-refractivity contribution in [1.82, 2.24) is 20.0 Å². The summed E-state index contributed by atoms with van der Waals surface area (Å²) >= 11 is 0. The van der Waals surface area contributed by atoms with Gasteiger partial charge in [-0.1, -0.05) is 98.1 Å².